The van der Waals surface area contributed by atoms with Gasteiger partial charge in [0, 0.05) is 30.6 Å². The number of nitro groups is 1. The molecule has 0 bridgehead atoms. The van der Waals surface area contributed by atoms with Crippen LogP contribution in [0.4, 0.5) is 5.69 Å². The Hall–Kier alpha value is -1.68. The predicted molar refractivity (Wildman–Crippen MR) is 105 cm³/mol. The van der Waals surface area contributed by atoms with Crippen LogP contribution in [0.2, 0.25) is 0 Å². The van der Waals surface area contributed by atoms with E-state index in [-0.39, 0.29) is 35.7 Å². The van der Waals surface area contributed by atoms with Gasteiger partial charge in [-0.05, 0) is 23.9 Å². The van der Waals surface area contributed by atoms with Crippen LogP contribution in [0.15, 0.2) is 46.8 Å². The number of guanidine groups is 1. The third-order valence-corrected chi connectivity index (χ3v) is 4.18. The van der Waals surface area contributed by atoms with Crippen molar-refractivity contribution in [3.05, 3.63) is 62.3 Å². The van der Waals surface area contributed by atoms with Crippen LogP contribution in [-0.4, -0.2) is 17.9 Å². The number of nitrogens with one attached hydrogen (secondary N) is 2. The van der Waals surface area contributed by atoms with E-state index in [0.29, 0.717) is 12.5 Å². The van der Waals surface area contributed by atoms with Crippen molar-refractivity contribution in [1.82, 2.24) is 10.6 Å². The molecule has 1 unspecified atom stereocenters. The molecule has 1 atom stereocenters. The summed E-state index contributed by atoms with van der Waals surface area (Å²) in [5, 5.41) is 19.3. The molecule has 0 saturated heterocycles. The summed E-state index contributed by atoms with van der Waals surface area (Å²) >= 11 is 1.68. The maximum Gasteiger partial charge on any atom is 0.269 e. The number of benzene rings is 1. The fourth-order valence-electron chi connectivity index (χ4n) is 1.97. The second-order valence-electron chi connectivity index (χ2n) is 4.73. The van der Waals surface area contributed by atoms with E-state index < -0.39 is 4.92 Å². The van der Waals surface area contributed by atoms with E-state index in [0.717, 1.165) is 5.56 Å². The van der Waals surface area contributed by atoms with Crippen LogP contribution in [0, 0.1) is 10.1 Å². The zero-order valence-electron chi connectivity index (χ0n) is 12.9. The molecule has 0 aliphatic rings. The van der Waals surface area contributed by atoms with E-state index in [1.54, 1.807) is 30.5 Å². The number of hydrogen-bond donors (Lipinski definition) is 2. The molecule has 1 aromatic carbocycles. The molecule has 0 aliphatic carbocycles. The minimum atomic E-state index is -0.393. The summed E-state index contributed by atoms with van der Waals surface area (Å²) in [5.74, 6) is 0.660. The normalized spacial score (nSPS) is 12.2. The van der Waals surface area contributed by atoms with E-state index >= 15 is 0 Å². The maximum absolute atomic E-state index is 10.8. The van der Waals surface area contributed by atoms with Crippen molar-refractivity contribution in [2.45, 2.75) is 19.5 Å². The van der Waals surface area contributed by atoms with Crippen molar-refractivity contribution in [1.29, 1.82) is 0 Å². The number of non-ortho nitro benzene ring substituents is 1. The summed E-state index contributed by atoms with van der Waals surface area (Å²) in [6.45, 7) is 2.53. The molecule has 0 fully saturated rings. The summed E-state index contributed by atoms with van der Waals surface area (Å²) in [5.41, 5.74) is 0.926. The van der Waals surface area contributed by atoms with E-state index in [2.05, 4.69) is 28.6 Å². The van der Waals surface area contributed by atoms with Gasteiger partial charge in [-0.2, -0.15) is 0 Å². The zero-order chi connectivity index (χ0) is 15.9. The fourth-order valence-corrected chi connectivity index (χ4v) is 2.71. The van der Waals surface area contributed by atoms with Crippen LogP contribution in [0.1, 0.15) is 23.4 Å². The summed E-state index contributed by atoms with van der Waals surface area (Å²) in [7, 11) is 1.70. The average molecular weight is 446 g/mol. The molecule has 0 saturated carbocycles. The first-order valence-electron chi connectivity index (χ1n) is 6.84. The van der Waals surface area contributed by atoms with Gasteiger partial charge in [-0.25, -0.2) is 0 Å². The van der Waals surface area contributed by atoms with Crippen molar-refractivity contribution in [3.8, 4) is 0 Å². The first kappa shape index (κ1) is 19.4. The van der Waals surface area contributed by atoms with Crippen LogP contribution in [0.25, 0.3) is 0 Å². The molecule has 0 amide bonds. The number of rotatable bonds is 5. The van der Waals surface area contributed by atoms with Crippen molar-refractivity contribution >= 4 is 47.0 Å². The fraction of sp³-hybridized carbons (Fsp3) is 0.267. The Morgan fingerprint density at radius 3 is 2.78 bits per heavy atom. The molecule has 0 aliphatic heterocycles. The SMILES string of the molecule is CN=C(NCc1cccc([N+](=O)[O-])c1)NC(C)c1cccs1.I. The molecule has 1 aromatic heterocycles. The second kappa shape index (κ2) is 9.46. The quantitative estimate of drug-likeness (QED) is 0.241. The van der Waals surface area contributed by atoms with E-state index in [1.807, 2.05) is 17.5 Å². The molecule has 2 N–H and O–H groups in total. The summed E-state index contributed by atoms with van der Waals surface area (Å²) in [6.07, 6.45) is 0. The molecule has 2 rings (SSSR count). The highest BCUT2D eigenvalue weighted by Crippen LogP contribution is 2.18. The molecule has 8 heteroatoms. The molecular formula is C15H19IN4O2S. The van der Waals surface area contributed by atoms with E-state index in [4.69, 9.17) is 0 Å². The molecule has 0 radical (unpaired) electrons. The van der Waals surface area contributed by atoms with Crippen LogP contribution in [-0.2, 0) is 6.54 Å². The Labute approximate surface area is 156 Å². The van der Waals surface area contributed by atoms with Crippen LogP contribution < -0.4 is 10.6 Å². The Morgan fingerprint density at radius 1 is 1.39 bits per heavy atom. The molecule has 6 nitrogen and oxygen atoms in total. The van der Waals surface area contributed by atoms with Gasteiger partial charge in [-0.15, -0.1) is 35.3 Å². The predicted octanol–water partition coefficient (Wildman–Crippen LogP) is 3.70. The molecule has 23 heavy (non-hydrogen) atoms. The molecule has 0 spiro atoms. The highest BCUT2D eigenvalue weighted by atomic mass is 127. The maximum atomic E-state index is 10.8. The Bertz CT molecular complexity index is 661. The molecular weight excluding hydrogens is 427 g/mol. The lowest BCUT2D eigenvalue weighted by Gasteiger charge is -2.16. The number of nitro benzene ring substituents is 1. The van der Waals surface area contributed by atoms with Gasteiger partial charge in [-0.3, -0.25) is 15.1 Å². The highest BCUT2D eigenvalue weighted by molar-refractivity contribution is 14.0. The summed E-state index contributed by atoms with van der Waals surface area (Å²) in [4.78, 5) is 15.8. The van der Waals surface area contributed by atoms with E-state index in [9.17, 15) is 10.1 Å². The van der Waals surface area contributed by atoms with Crippen molar-refractivity contribution < 1.29 is 4.92 Å². The Morgan fingerprint density at radius 2 is 2.17 bits per heavy atom. The summed E-state index contributed by atoms with van der Waals surface area (Å²) < 4.78 is 0. The lowest BCUT2D eigenvalue weighted by Crippen LogP contribution is -2.38. The first-order valence-corrected chi connectivity index (χ1v) is 7.72. The number of aliphatic imine (C=N–C) groups is 1. The first-order chi connectivity index (χ1) is 10.6. The second-order valence-corrected chi connectivity index (χ2v) is 5.71. The minimum Gasteiger partial charge on any atom is -0.352 e. The minimum absolute atomic E-state index is 0. The van der Waals surface area contributed by atoms with Gasteiger partial charge in [-0.1, -0.05) is 18.2 Å². The topological polar surface area (TPSA) is 79.6 Å². The van der Waals surface area contributed by atoms with Gasteiger partial charge in [0.15, 0.2) is 5.96 Å². The largest absolute Gasteiger partial charge is 0.352 e. The van der Waals surface area contributed by atoms with E-state index in [1.165, 1.54) is 10.9 Å². The van der Waals surface area contributed by atoms with Gasteiger partial charge < -0.3 is 10.6 Å². The standard InChI is InChI=1S/C15H18N4O2S.HI/c1-11(14-7-4-8-22-14)18-15(16-2)17-10-12-5-3-6-13(9-12)19(20)21;/h3-9,11H,10H2,1-2H3,(H2,16,17,18);1H. The van der Waals surface area contributed by atoms with Crippen LogP contribution in [0.3, 0.4) is 0 Å². The molecule has 124 valence electrons. The van der Waals surface area contributed by atoms with Crippen molar-refractivity contribution in [2.24, 2.45) is 4.99 Å². The number of hydrogen-bond acceptors (Lipinski definition) is 4. The number of thiophene rings is 1. The average Bonchev–Trinajstić information content (AvgIpc) is 3.06. The third-order valence-electron chi connectivity index (χ3n) is 3.13. The molecule has 1 heterocycles. The van der Waals surface area contributed by atoms with Crippen LogP contribution in [0.5, 0.6) is 0 Å². The van der Waals surface area contributed by atoms with Gasteiger partial charge in [0.25, 0.3) is 5.69 Å². The Kier molecular flexibility index (Phi) is 7.96. The van der Waals surface area contributed by atoms with Crippen molar-refractivity contribution in [2.75, 3.05) is 7.05 Å². The van der Waals surface area contributed by atoms with Gasteiger partial charge in [0.1, 0.15) is 0 Å². The zero-order valence-corrected chi connectivity index (χ0v) is 16.0. The number of halogens is 1. The van der Waals surface area contributed by atoms with Crippen LogP contribution >= 0.6 is 35.3 Å². The lowest BCUT2D eigenvalue weighted by molar-refractivity contribution is -0.384. The number of nitrogens with zero attached hydrogens (tertiary/aromatic N) is 2. The summed E-state index contributed by atoms with van der Waals surface area (Å²) in [6, 6.07) is 10.8. The monoisotopic (exact) mass is 446 g/mol. The van der Waals surface area contributed by atoms with Gasteiger partial charge in [0.2, 0.25) is 0 Å². The van der Waals surface area contributed by atoms with Crippen molar-refractivity contribution in [3.63, 3.8) is 0 Å². The van der Waals surface area contributed by atoms with Gasteiger partial charge in [0.05, 0.1) is 11.0 Å². The third kappa shape index (κ3) is 5.79. The smallest absolute Gasteiger partial charge is 0.269 e. The van der Waals surface area contributed by atoms with Gasteiger partial charge >= 0.3 is 0 Å². The highest BCUT2D eigenvalue weighted by Gasteiger charge is 2.09. The lowest BCUT2D eigenvalue weighted by atomic mass is 10.2. The Balaban J connectivity index is 0.00000264. The molecule has 2 aromatic rings.